The quantitative estimate of drug-likeness (QED) is 0.468. The van der Waals surface area contributed by atoms with Crippen molar-refractivity contribution >= 4 is 23.1 Å². The van der Waals surface area contributed by atoms with Crippen LogP contribution >= 0.6 is 0 Å². The van der Waals surface area contributed by atoms with E-state index in [0.29, 0.717) is 5.75 Å². The molecule has 31 heavy (non-hydrogen) atoms. The SMILES string of the molecule is COC(=O)CNc1nc2c(c(=O)n(C)c(=O)n2C)n1C[C@@H](O)COc1ccccc1C. The predicted octanol–water partition coefficient (Wildman–Crippen LogP) is -0.233. The molecule has 3 aromatic rings. The van der Waals surface area contributed by atoms with Crippen molar-refractivity contribution in [1.82, 2.24) is 18.7 Å². The van der Waals surface area contributed by atoms with Crippen LogP contribution in [0.25, 0.3) is 11.2 Å². The lowest BCUT2D eigenvalue weighted by atomic mass is 10.2. The molecule has 0 bridgehead atoms. The molecule has 2 heterocycles. The van der Waals surface area contributed by atoms with Gasteiger partial charge in [-0.15, -0.1) is 0 Å². The second kappa shape index (κ2) is 9.04. The van der Waals surface area contributed by atoms with Gasteiger partial charge in [0.25, 0.3) is 5.56 Å². The summed E-state index contributed by atoms with van der Waals surface area (Å²) in [7, 11) is 4.10. The molecular formula is C20H25N5O6. The molecule has 0 amide bonds. The number of imidazole rings is 1. The summed E-state index contributed by atoms with van der Waals surface area (Å²) in [6.45, 7) is 1.60. The van der Waals surface area contributed by atoms with E-state index in [1.165, 1.54) is 30.3 Å². The Morgan fingerprint density at radius 1 is 1.23 bits per heavy atom. The van der Waals surface area contributed by atoms with Crippen LogP contribution in [0.3, 0.4) is 0 Å². The van der Waals surface area contributed by atoms with Crippen molar-refractivity contribution in [1.29, 1.82) is 0 Å². The highest BCUT2D eigenvalue weighted by Gasteiger charge is 2.21. The van der Waals surface area contributed by atoms with Gasteiger partial charge in [-0.2, -0.15) is 4.98 Å². The number of carbonyl (C=O) groups excluding carboxylic acids is 1. The largest absolute Gasteiger partial charge is 0.491 e. The maximum Gasteiger partial charge on any atom is 0.332 e. The van der Waals surface area contributed by atoms with Crippen molar-refractivity contribution in [3.63, 3.8) is 0 Å². The van der Waals surface area contributed by atoms with Crippen LogP contribution in [0.1, 0.15) is 5.56 Å². The predicted molar refractivity (Wildman–Crippen MR) is 113 cm³/mol. The van der Waals surface area contributed by atoms with Gasteiger partial charge >= 0.3 is 11.7 Å². The van der Waals surface area contributed by atoms with E-state index in [1.807, 2.05) is 25.1 Å². The zero-order valence-electron chi connectivity index (χ0n) is 17.8. The summed E-state index contributed by atoms with van der Waals surface area (Å²) < 4.78 is 13.9. The number of ether oxygens (including phenoxy) is 2. The Morgan fingerprint density at radius 3 is 2.61 bits per heavy atom. The first kappa shape index (κ1) is 22.1. The number of aryl methyl sites for hydroxylation is 2. The number of aromatic nitrogens is 4. The van der Waals surface area contributed by atoms with Crippen LogP contribution in [-0.4, -0.2) is 56.1 Å². The molecule has 166 valence electrons. The molecule has 1 aromatic carbocycles. The van der Waals surface area contributed by atoms with E-state index in [1.54, 1.807) is 6.07 Å². The summed E-state index contributed by atoms with van der Waals surface area (Å²) in [4.78, 5) is 40.9. The Morgan fingerprint density at radius 2 is 1.94 bits per heavy atom. The average Bonchev–Trinajstić information content (AvgIpc) is 3.12. The maximum atomic E-state index is 12.8. The number of benzene rings is 1. The Balaban J connectivity index is 1.96. The molecule has 0 radical (unpaired) electrons. The molecule has 1 atom stereocenters. The zero-order chi connectivity index (χ0) is 22.7. The average molecular weight is 431 g/mol. The van der Waals surface area contributed by atoms with Crippen molar-refractivity contribution in [2.24, 2.45) is 14.1 Å². The minimum atomic E-state index is -1.00. The summed E-state index contributed by atoms with van der Waals surface area (Å²) in [6, 6.07) is 7.40. The number of hydrogen-bond donors (Lipinski definition) is 2. The number of para-hydroxylation sites is 1. The number of rotatable bonds is 8. The van der Waals surface area contributed by atoms with Gasteiger partial charge in [-0.05, 0) is 18.6 Å². The Hall–Kier alpha value is -3.60. The zero-order valence-corrected chi connectivity index (χ0v) is 17.8. The third kappa shape index (κ3) is 4.45. The van der Waals surface area contributed by atoms with Crippen molar-refractivity contribution < 1.29 is 19.4 Å². The lowest BCUT2D eigenvalue weighted by Crippen LogP contribution is -2.38. The molecule has 0 aliphatic carbocycles. The number of esters is 1. The van der Waals surface area contributed by atoms with Gasteiger partial charge in [-0.3, -0.25) is 18.7 Å². The molecule has 0 saturated carbocycles. The maximum absolute atomic E-state index is 12.8. The summed E-state index contributed by atoms with van der Waals surface area (Å²) in [5, 5.41) is 13.4. The molecule has 0 spiro atoms. The third-order valence-corrected chi connectivity index (χ3v) is 4.88. The lowest BCUT2D eigenvalue weighted by molar-refractivity contribution is -0.138. The fourth-order valence-electron chi connectivity index (χ4n) is 3.15. The van der Waals surface area contributed by atoms with Gasteiger partial charge in [-0.1, -0.05) is 18.2 Å². The van der Waals surface area contributed by atoms with Crippen LogP contribution in [0.4, 0.5) is 5.95 Å². The molecular weight excluding hydrogens is 406 g/mol. The smallest absolute Gasteiger partial charge is 0.332 e. The van der Waals surface area contributed by atoms with Crippen LogP contribution < -0.4 is 21.3 Å². The van der Waals surface area contributed by atoms with Crippen molar-refractivity contribution in [3.8, 4) is 5.75 Å². The Bertz CT molecular complexity index is 1230. The first-order chi connectivity index (χ1) is 14.7. The number of carbonyl (C=O) groups is 1. The molecule has 3 rings (SSSR count). The Kier molecular flexibility index (Phi) is 6.44. The summed E-state index contributed by atoms with van der Waals surface area (Å²) in [6.07, 6.45) is -1.00. The highest BCUT2D eigenvalue weighted by molar-refractivity contribution is 5.77. The van der Waals surface area contributed by atoms with Gasteiger partial charge in [0.15, 0.2) is 11.2 Å². The number of methoxy groups -OCH3 is 1. The minimum absolute atomic E-state index is 0.0347. The van der Waals surface area contributed by atoms with Gasteiger partial charge in [0.05, 0.1) is 13.7 Å². The van der Waals surface area contributed by atoms with Crippen molar-refractivity contribution in [2.75, 3.05) is 25.6 Å². The van der Waals surface area contributed by atoms with Crippen LogP contribution in [-0.2, 0) is 30.2 Å². The number of aliphatic hydroxyl groups excluding tert-OH is 1. The number of hydrogen-bond acceptors (Lipinski definition) is 8. The van der Waals surface area contributed by atoms with Gasteiger partial charge in [-0.25, -0.2) is 4.79 Å². The topological polar surface area (TPSA) is 130 Å². The highest BCUT2D eigenvalue weighted by Crippen LogP contribution is 2.19. The fraction of sp³-hybridized carbons (Fsp3) is 0.400. The van der Waals surface area contributed by atoms with Gasteiger partial charge < -0.3 is 24.5 Å². The monoisotopic (exact) mass is 431 g/mol. The lowest BCUT2D eigenvalue weighted by Gasteiger charge is -2.16. The molecule has 0 aliphatic heterocycles. The normalized spacial score (nSPS) is 12.0. The third-order valence-electron chi connectivity index (χ3n) is 4.88. The fourth-order valence-corrected chi connectivity index (χ4v) is 3.15. The van der Waals surface area contributed by atoms with Crippen LogP contribution in [0.2, 0.25) is 0 Å². The van der Waals surface area contributed by atoms with Gasteiger partial charge in [0.2, 0.25) is 5.95 Å². The van der Waals surface area contributed by atoms with E-state index in [9.17, 15) is 19.5 Å². The van der Waals surface area contributed by atoms with Gasteiger partial charge in [0.1, 0.15) is 25.0 Å². The first-order valence-corrected chi connectivity index (χ1v) is 9.58. The molecule has 11 heteroatoms. The number of nitrogens with one attached hydrogen (secondary N) is 1. The molecule has 0 aliphatic rings. The van der Waals surface area contributed by atoms with E-state index in [0.717, 1.165) is 10.1 Å². The summed E-state index contributed by atoms with van der Waals surface area (Å²) in [5.41, 5.74) is 0.0697. The first-order valence-electron chi connectivity index (χ1n) is 9.58. The Labute approximate surface area is 177 Å². The van der Waals surface area contributed by atoms with Crippen molar-refractivity contribution in [2.45, 2.75) is 19.6 Å². The highest BCUT2D eigenvalue weighted by atomic mass is 16.5. The van der Waals surface area contributed by atoms with E-state index in [2.05, 4.69) is 15.0 Å². The molecule has 11 nitrogen and oxygen atoms in total. The number of anilines is 1. The van der Waals surface area contributed by atoms with Crippen LogP contribution in [0, 0.1) is 6.92 Å². The molecule has 0 unspecified atom stereocenters. The van der Waals surface area contributed by atoms with Crippen LogP contribution in [0.5, 0.6) is 5.75 Å². The number of aliphatic hydroxyl groups is 1. The second-order valence-electron chi connectivity index (χ2n) is 7.08. The standard InChI is InChI=1S/C20H25N5O6/c1-12-7-5-6-8-14(12)31-11-13(26)10-25-16-17(22-19(25)21-9-15(27)30-4)23(2)20(29)24(3)18(16)28/h5-8,13,26H,9-11H2,1-4H3,(H,21,22)/t13-/m1/s1. The van der Waals surface area contributed by atoms with Crippen molar-refractivity contribution in [3.05, 3.63) is 50.7 Å². The second-order valence-corrected chi connectivity index (χ2v) is 7.08. The van der Waals surface area contributed by atoms with E-state index < -0.39 is 23.3 Å². The molecule has 0 fully saturated rings. The van der Waals surface area contributed by atoms with E-state index >= 15 is 0 Å². The summed E-state index contributed by atoms with van der Waals surface area (Å²) >= 11 is 0. The molecule has 0 saturated heterocycles. The van der Waals surface area contributed by atoms with Crippen LogP contribution in [0.15, 0.2) is 33.9 Å². The van der Waals surface area contributed by atoms with Gasteiger partial charge in [0, 0.05) is 14.1 Å². The number of nitrogens with zero attached hydrogens (tertiary/aromatic N) is 4. The van der Waals surface area contributed by atoms with E-state index in [-0.39, 0.29) is 36.8 Å². The molecule has 2 aromatic heterocycles. The minimum Gasteiger partial charge on any atom is -0.491 e. The number of fused-ring (bicyclic) bond motifs is 1. The molecule has 2 N–H and O–H groups in total. The van der Waals surface area contributed by atoms with E-state index in [4.69, 9.17) is 4.74 Å². The summed E-state index contributed by atoms with van der Waals surface area (Å²) in [5.74, 6) is 0.247.